The molecule has 0 unspecified atom stereocenters. The molecule has 3 aromatic rings. The smallest absolute Gasteiger partial charge is 0.261 e. The lowest BCUT2D eigenvalue weighted by molar-refractivity contribution is 0.0977. The van der Waals surface area contributed by atoms with Crippen LogP contribution in [-0.4, -0.2) is 19.4 Å². The van der Waals surface area contributed by atoms with Gasteiger partial charge in [-0.15, -0.1) is 0 Å². The zero-order valence-corrected chi connectivity index (χ0v) is 20.0. The monoisotopic (exact) mass is 517 g/mol. The van der Waals surface area contributed by atoms with E-state index < -0.39 is 10.0 Å². The topological polar surface area (TPSA) is 87.3 Å². The van der Waals surface area contributed by atoms with Gasteiger partial charge in [0.2, 0.25) is 0 Å². The zero-order valence-electron chi connectivity index (χ0n) is 16.8. The van der Waals surface area contributed by atoms with Gasteiger partial charge >= 0.3 is 0 Å². The maximum absolute atomic E-state index is 12.6. The quantitative estimate of drug-likeness (QED) is 0.414. The highest BCUT2D eigenvalue weighted by atomic mass is 79.9. The van der Waals surface area contributed by atoms with Crippen LogP contribution in [0.4, 0.5) is 11.4 Å². The van der Waals surface area contributed by atoms with Crippen LogP contribution in [0.15, 0.2) is 76.1 Å². The predicted octanol–water partition coefficient (Wildman–Crippen LogP) is 4.99. The minimum atomic E-state index is -3.73. The van der Waals surface area contributed by atoms with Crippen molar-refractivity contribution in [3.8, 4) is 0 Å². The molecule has 0 saturated heterocycles. The second-order valence-electron chi connectivity index (χ2n) is 6.85. The van der Waals surface area contributed by atoms with Gasteiger partial charge in [0.05, 0.1) is 4.90 Å². The summed E-state index contributed by atoms with van der Waals surface area (Å²) in [5.41, 5.74) is 3.59. The molecule has 0 aliphatic heterocycles. The van der Waals surface area contributed by atoms with E-state index in [-0.39, 0.29) is 15.9 Å². The van der Waals surface area contributed by atoms with Gasteiger partial charge in [0, 0.05) is 21.4 Å². The van der Waals surface area contributed by atoms with Crippen LogP contribution < -0.4 is 15.4 Å². The van der Waals surface area contributed by atoms with Crippen LogP contribution in [0.2, 0.25) is 0 Å². The Balaban J connectivity index is 1.64. The number of benzene rings is 3. The van der Waals surface area contributed by atoms with Crippen molar-refractivity contribution in [3.05, 3.63) is 87.9 Å². The largest absolute Gasteiger partial charge is 0.332 e. The molecule has 1 amide bonds. The number of anilines is 2. The maximum atomic E-state index is 12.6. The molecule has 0 heterocycles. The summed E-state index contributed by atoms with van der Waals surface area (Å²) in [6, 6.07) is 18.4. The Morgan fingerprint density at radius 1 is 0.903 bits per heavy atom. The van der Waals surface area contributed by atoms with E-state index in [2.05, 4.69) is 31.3 Å². The van der Waals surface area contributed by atoms with Crippen molar-refractivity contribution >= 4 is 60.6 Å². The first-order chi connectivity index (χ1) is 14.6. The summed E-state index contributed by atoms with van der Waals surface area (Å²) in [7, 11) is -3.73. The molecule has 31 heavy (non-hydrogen) atoms. The zero-order chi connectivity index (χ0) is 22.6. The SMILES string of the molecule is Cc1ccc(NS(=O)(=O)c2ccc(NC(=S)NC(=O)c3cccc(Br)c3)cc2)cc1C. The molecule has 3 rings (SSSR count). The fourth-order valence-electron chi connectivity index (χ4n) is 2.70. The average molecular weight is 518 g/mol. The Bertz CT molecular complexity index is 1240. The molecule has 3 N–H and O–H groups in total. The molecule has 160 valence electrons. The van der Waals surface area contributed by atoms with E-state index in [1.54, 1.807) is 42.5 Å². The Kier molecular flexibility index (Phi) is 7.09. The average Bonchev–Trinajstić information content (AvgIpc) is 2.71. The molecule has 0 aromatic heterocycles. The van der Waals surface area contributed by atoms with E-state index in [0.717, 1.165) is 15.6 Å². The van der Waals surface area contributed by atoms with Crippen LogP contribution in [0.25, 0.3) is 0 Å². The summed E-state index contributed by atoms with van der Waals surface area (Å²) in [5.74, 6) is -0.351. The summed E-state index contributed by atoms with van der Waals surface area (Å²) in [6.45, 7) is 3.89. The summed E-state index contributed by atoms with van der Waals surface area (Å²) in [5, 5.41) is 5.57. The van der Waals surface area contributed by atoms with Crippen molar-refractivity contribution in [3.63, 3.8) is 0 Å². The molecule has 0 radical (unpaired) electrons. The molecule has 0 fully saturated rings. The standard InChI is InChI=1S/C22H20BrN3O3S2/c1-14-6-7-19(12-15(14)2)26-31(28,29)20-10-8-18(9-11-20)24-22(30)25-21(27)16-4-3-5-17(23)13-16/h3-13,26H,1-2H3,(H2,24,25,27,30). The van der Waals surface area contributed by atoms with Crippen LogP contribution in [0.3, 0.4) is 0 Å². The molecular weight excluding hydrogens is 498 g/mol. The maximum Gasteiger partial charge on any atom is 0.261 e. The summed E-state index contributed by atoms with van der Waals surface area (Å²) < 4.78 is 28.6. The van der Waals surface area contributed by atoms with Gasteiger partial charge < -0.3 is 5.32 Å². The van der Waals surface area contributed by atoms with Gasteiger partial charge in [-0.25, -0.2) is 8.42 Å². The fourth-order valence-corrected chi connectivity index (χ4v) is 4.36. The Hall–Kier alpha value is -2.75. The fraction of sp³-hybridized carbons (Fsp3) is 0.0909. The van der Waals surface area contributed by atoms with Gasteiger partial charge in [0.15, 0.2) is 5.11 Å². The second-order valence-corrected chi connectivity index (χ2v) is 9.85. The van der Waals surface area contributed by atoms with Gasteiger partial charge in [-0.2, -0.15) is 0 Å². The second kappa shape index (κ2) is 9.59. The number of hydrogen-bond acceptors (Lipinski definition) is 4. The van der Waals surface area contributed by atoms with Crippen molar-refractivity contribution in [1.29, 1.82) is 0 Å². The minimum absolute atomic E-state index is 0.105. The van der Waals surface area contributed by atoms with Crippen LogP contribution in [-0.2, 0) is 10.0 Å². The first-order valence-electron chi connectivity index (χ1n) is 9.22. The Morgan fingerprint density at radius 2 is 1.58 bits per heavy atom. The number of sulfonamides is 1. The minimum Gasteiger partial charge on any atom is -0.332 e. The van der Waals surface area contributed by atoms with Gasteiger partial charge in [0.25, 0.3) is 15.9 Å². The Labute approximate surface area is 195 Å². The molecule has 9 heteroatoms. The lowest BCUT2D eigenvalue weighted by Gasteiger charge is -2.12. The highest BCUT2D eigenvalue weighted by molar-refractivity contribution is 9.10. The third-order valence-electron chi connectivity index (χ3n) is 4.50. The lowest BCUT2D eigenvalue weighted by atomic mass is 10.1. The molecule has 6 nitrogen and oxygen atoms in total. The summed E-state index contributed by atoms with van der Waals surface area (Å²) in [6.07, 6.45) is 0. The number of carbonyl (C=O) groups excluding carboxylic acids is 1. The van der Waals surface area contributed by atoms with Crippen molar-refractivity contribution in [2.75, 3.05) is 10.0 Å². The van der Waals surface area contributed by atoms with Gasteiger partial charge in [-0.05, 0) is 91.8 Å². The van der Waals surface area contributed by atoms with Crippen molar-refractivity contribution in [2.24, 2.45) is 0 Å². The van der Waals surface area contributed by atoms with Gasteiger partial charge in [0.1, 0.15) is 0 Å². The van der Waals surface area contributed by atoms with Crippen molar-refractivity contribution in [2.45, 2.75) is 18.7 Å². The van der Waals surface area contributed by atoms with Crippen LogP contribution in [0.1, 0.15) is 21.5 Å². The summed E-state index contributed by atoms with van der Waals surface area (Å²) in [4.78, 5) is 12.4. The number of aryl methyl sites for hydroxylation is 2. The van der Waals surface area contributed by atoms with E-state index >= 15 is 0 Å². The first-order valence-corrected chi connectivity index (χ1v) is 11.9. The van der Waals surface area contributed by atoms with E-state index in [1.165, 1.54) is 12.1 Å². The molecule has 0 saturated carbocycles. The highest BCUT2D eigenvalue weighted by Gasteiger charge is 2.15. The number of nitrogens with one attached hydrogen (secondary N) is 3. The molecule has 0 aliphatic rings. The molecule has 0 atom stereocenters. The molecule has 0 spiro atoms. The van der Waals surface area contributed by atoms with Crippen molar-refractivity contribution in [1.82, 2.24) is 5.32 Å². The molecule has 0 aliphatic carbocycles. The van der Waals surface area contributed by atoms with Crippen LogP contribution in [0, 0.1) is 13.8 Å². The van der Waals surface area contributed by atoms with E-state index in [0.29, 0.717) is 16.9 Å². The third-order valence-corrected chi connectivity index (χ3v) is 6.59. The Morgan fingerprint density at radius 3 is 2.23 bits per heavy atom. The number of amides is 1. The molecular formula is C22H20BrN3O3S2. The number of halogens is 1. The van der Waals surface area contributed by atoms with E-state index in [1.807, 2.05) is 26.0 Å². The summed E-state index contributed by atoms with van der Waals surface area (Å²) >= 11 is 8.49. The molecule has 3 aromatic carbocycles. The van der Waals surface area contributed by atoms with Crippen LogP contribution >= 0.6 is 28.1 Å². The number of carbonyl (C=O) groups is 1. The van der Waals surface area contributed by atoms with Crippen molar-refractivity contribution < 1.29 is 13.2 Å². The highest BCUT2D eigenvalue weighted by Crippen LogP contribution is 2.20. The van der Waals surface area contributed by atoms with Crippen LogP contribution in [0.5, 0.6) is 0 Å². The van der Waals surface area contributed by atoms with E-state index in [9.17, 15) is 13.2 Å². The molecule has 0 bridgehead atoms. The normalized spacial score (nSPS) is 10.9. The number of rotatable bonds is 5. The predicted molar refractivity (Wildman–Crippen MR) is 131 cm³/mol. The lowest BCUT2D eigenvalue weighted by Crippen LogP contribution is -2.34. The van der Waals surface area contributed by atoms with Gasteiger partial charge in [-0.1, -0.05) is 28.1 Å². The van der Waals surface area contributed by atoms with Gasteiger partial charge in [-0.3, -0.25) is 14.8 Å². The number of thiocarbonyl (C=S) groups is 1. The third kappa shape index (κ3) is 6.13. The number of hydrogen-bond donors (Lipinski definition) is 3. The van der Waals surface area contributed by atoms with E-state index in [4.69, 9.17) is 12.2 Å². The first kappa shape index (κ1) is 22.9.